The van der Waals surface area contributed by atoms with E-state index in [0.29, 0.717) is 43.1 Å². The van der Waals surface area contributed by atoms with Crippen molar-refractivity contribution in [2.45, 2.75) is 46.2 Å². The van der Waals surface area contributed by atoms with Crippen molar-refractivity contribution >= 4 is 15.7 Å². The minimum atomic E-state index is -3.16. The van der Waals surface area contributed by atoms with Gasteiger partial charge in [0.25, 0.3) is 5.91 Å². The molecule has 1 aromatic heterocycles. The molecule has 2 aliphatic rings. The van der Waals surface area contributed by atoms with Gasteiger partial charge in [-0.2, -0.15) is 0 Å². The highest BCUT2D eigenvalue weighted by atomic mass is 32.2. The van der Waals surface area contributed by atoms with Gasteiger partial charge in [0, 0.05) is 25.7 Å². The fraction of sp³-hybridized carbons (Fsp3) is 0.667. The van der Waals surface area contributed by atoms with Crippen molar-refractivity contribution in [3.05, 3.63) is 28.7 Å². The second-order valence-corrected chi connectivity index (χ2v) is 9.55. The van der Waals surface area contributed by atoms with Gasteiger partial charge in [-0.25, -0.2) is 8.42 Å². The number of piperazine rings is 1. The summed E-state index contributed by atoms with van der Waals surface area (Å²) in [5, 5.41) is 3.97. The molecule has 3 heterocycles. The summed E-state index contributed by atoms with van der Waals surface area (Å²) in [4.78, 5) is 17.1. The summed E-state index contributed by atoms with van der Waals surface area (Å²) >= 11 is 0. The molecule has 26 heavy (non-hydrogen) atoms. The molecule has 0 aromatic carbocycles. The van der Waals surface area contributed by atoms with Crippen molar-refractivity contribution in [2.24, 2.45) is 0 Å². The fourth-order valence-corrected chi connectivity index (χ4v) is 5.89. The first-order valence-electron chi connectivity index (χ1n) is 9.07. The third-order valence-corrected chi connectivity index (χ3v) is 6.97. The van der Waals surface area contributed by atoms with Crippen LogP contribution in [0.15, 0.2) is 16.2 Å². The molecular weight excluding hydrogens is 354 g/mol. The Hall–Kier alpha value is -1.67. The summed E-state index contributed by atoms with van der Waals surface area (Å²) in [7, 11) is -3.16. The first-order chi connectivity index (χ1) is 12.2. The van der Waals surface area contributed by atoms with Gasteiger partial charge in [0.1, 0.15) is 11.3 Å². The normalized spacial score (nSPS) is 25.2. The Bertz CT molecular complexity index is 823. The highest BCUT2D eigenvalue weighted by Crippen LogP contribution is 2.29. The molecule has 144 valence electrons. The number of allylic oxidation sites excluding steroid dienone is 1. The van der Waals surface area contributed by atoms with Crippen LogP contribution in [0.25, 0.3) is 0 Å². The van der Waals surface area contributed by atoms with Crippen LogP contribution in [0.2, 0.25) is 0 Å². The predicted molar refractivity (Wildman–Crippen MR) is 98.9 cm³/mol. The number of rotatable bonds is 4. The molecule has 0 N–H and O–H groups in total. The number of nitrogens with zero attached hydrogens (tertiary/aromatic N) is 3. The van der Waals surface area contributed by atoms with E-state index in [4.69, 9.17) is 4.52 Å². The molecule has 0 radical (unpaired) electrons. The van der Waals surface area contributed by atoms with Gasteiger partial charge in [-0.3, -0.25) is 9.69 Å². The monoisotopic (exact) mass is 381 g/mol. The molecule has 2 saturated heterocycles. The number of carbonyl (C=O) groups is 1. The Balaban J connectivity index is 1.89. The molecule has 0 aliphatic carbocycles. The molecular formula is C18H27N3O4S. The fourth-order valence-electron chi connectivity index (χ4n) is 3.88. The minimum Gasteiger partial charge on any atom is -0.361 e. The summed E-state index contributed by atoms with van der Waals surface area (Å²) in [6.45, 7) is 9.61. The molecule has 1 amide bonds. The lowest BCUT2D eigenvalue weighted by Gasteiger charge is -2.43. The zero-order chi connectivity index (χ0) is 19.1. The SMILES string of the molecule is CCc1noc(C)c1C(=O)N1CCN(CC=C(C)C)[C@H]2CS(=O)(=O)C[C@H]21. The number of aromatic nitrogens is 1. The maximum absolute atomic E-state index is 13.2. The van der Waals surface area contributed by atoms with E-state index in [9.17, 15) is 13.2 Å². The lowest BCUT2D eigenvalue weighted by molar-refractivity contribution is 0.0366. The van der Waals surface area contributed by atoms with E-state index in [2.05, 4.69) is 16.1 Å². The van der Waals surface area contributed by atoms with Crippen LogP contribution in [-0.2, 0) is 16.3 Å². The average Bonchev–Trinajstić information content (AvgIpc) is 3.10. The third kappa shape index (κ3) is 3.57. The van der Waals surface area contributed by atoms with Gasteiger partial charge < -0.3 is 9.42 Å². The van der Waals surface area contributed by atoms with Gasteiger partial charge in [-0.1, -0.05) is 23.7 Å². The van der Waals surface area contributed by atoms with E-state index >= 15 is 0 Å². The van der Waals surface area contributed by atoms with Gasteiger partial charge >= 0.3 is 0 Å². The largest absolute Gasteiger partial charge is 0.361 e. The zero-order valence-corrected chi connectivity index (χ0v) is 16.7. The molecule has 3 rings (SSSR count). The van der Waals surface area contributed by atoms with E-state index in [1.165, 1.54) is 5.57 Å². The standard InChI is InChI=1S/C18H27N3O4S/c1-5-14-17(13(4)25-19-14)18(22)21-9-8-20(7-6-12(2)3)15-10-26(23,24)11-16(15)21/h6,15-16H,5,7-11H2,1-4H3/t15-,16+/m0/s1. The van der Waals surface area contributed by atoms with Crippen LogP contribution >= 0.6 is 0 Å². The number of hydrogen-bond acceptors (Lipinski definition) is 6. The summed E-state index contributed by atoms with van der Waals surface area (Å²) < 4.78 is 29.8. The van der Waals surface area contributed by atoms with E-state index in [0.717, 1.165) is 0 Å². The summed E-state index contributed by atoms with van der Waals surface area (Å²) in [5.74, 6) is 0.479. The Morgan fingerprint density at radius 3 is 2.62 bits per heavy atom. The maximum atomic E-state index is 13.2. The topological polar surface area (TPSA) is 83.7 Å². The lowest BCUT2D eigenvalue weighted by atomic mass is 10.0. The number of sulfone groups is 1. The van der Waals surface area contributed by atoms with Gasteiger partial charge in [0.05, 0.1) is 23.2 Å². The van der Waals surface area contributed by atoms with Crippen LogP contribution in [-0.4, -0.2) is 72.5 Å². The van der Waals surface area contributed by atoms with Gasteiger partial charge in [0.15, 0.2) is 9.84 Å². The molecule has 0 unspecified atom stereocenters. The van der Waals surface area contributed by atoms with E-state index in [1.54, 1.807) is 11.8 Å². The number of amides is 1. The van der Waals surface area contributed by atoms with Crippen LogP contribution < -0.4 is 0 Å². The van der Waals surface area contributed by atoms with Gasteiger partial charge in [0.2, 0.25) is 0 Å². The van der Waals surface area contributed by atoms with Gasteiger partial charge in [-0.15, -0.1) is 0 Å². The molecule has 2 fully saturated rings. The molecule has 2 aliphatic heterocycles. The van der Waals surface area contributed by atoms with E-state index < -0.39 is 9.84 Å². The van der Waals surface area contributed by atoms with Crippen molar-refractivity contribution in [2.75, 3.05) is 31.1 Å². The van der Waals surface area contributed by atoms with Crippen molar-refractivity contribution < 1.29 is 17.7 Å². The van der Waals surface area contributed by atoms with Crippen molar-refractivity contribution in [1.82, 2.24) is 15.0 Å². The Labute approximate surface area is 154 Å². The number of carbonyl (C=O) groups excluding carboxylic acids is 1. The number of aryl methyl sites for hydroxylation is 2. The summed E-state index contributed by atoms with van der Waals surface area (Å²) in [6.07, 6.45) is 2.71. The Morgan fingerprint density at radius 2 is 1.96 bits per heavy atom. The highest BCUT2D eigenvalue weighted by Gasteiger charge is 2.48. The van der Waals surface area contributed by atoms with Crippen molar-refractivity contribution in [1.29, 1.82) is 0 Å². The minimum absolute atomic E-state index is 0.0283. The van der Waals surface area contributed by atoms with E-state index in [1.807, 2.05) is 20.8 Å². The molecule has 1 aromatic rings. The zero-order valence-electron chi connectivity index (χ0n) is 15.9. The van der Waals surface area contributed by atoms with Crippen LogP contribution in [0.3, 0.4) is 0 Å². The number of hydrogen-bond donors (Lipinski definition) is 0. The van der Waals surface area contributed by atoms with E-state index in [-0.39, 0.29) is 29.5 Å². The van der Waals surface area contributed by atoms with Crippen LogP contribution in [0.4, 0.5) is 0 Å². The second kappa shape index (κ2) is 7.15. The highest BCUT2D eigenvalue weighted by molar-refractivity contribution is 7.91. The number of fused-ring (bicyclic) bond motifs is 1. The maximum Gasteiger partial charge on any atom is 0.259 e. The summed E-state index contributed by atoms with van der Waals surface area (Å²) in [5.41, 5.74) is 2.33. The van der Waals surface area contributed by atoms with Crippen molar-refractivity contribution in [3.63, 3.8) is 0 Å². The first-order valence-corrected chi connectivity index (χ1v) is 10.9. The Kier molecular flexibility index (Phi) is 5.25. The Morgan fingerprint density at radius 1 is 1.27 bits per heavy atom. The first kappa shape index (κ1) is 19.1. The molecule has 0 spiro atoms. The second-order valence-electron chi connectivity index (χ2n) is 7.40. The van der Waals surface area contributed by atoms with Crippen LogP contribution in [0.1, 0.15) is 42.6 Å². The quantitative estimate of drug-likeness (QED) is 0.734. The third-order valence-electron chi connectivity index (χ3n) is 5.27. The molecule has 7 nitrogen and oxygen atoms in total. The smallest absolute Gasteiger partial charge is 0.259 e. The molecule has 0 bridgehead atoms. The van der Waals surface area contributed by atoms with Crippen molar-refractivity contribution in [3.8, 4) is 0 Å². The molecule has 0 saturated carbocycles. The van der Waals surface area contributed by atoms with Gasteiger partial charge in [-0.05, 0) is 27.2 Å². The summed E-state index contributed by atoms with van der Waals surface area (Å²) in [6, 6.07) is -0.468. The van der Waals surface area contributed by atoms with Crippen LogP contribution in [0.5, 0.6) is 0 Å². The molecule has 8 heteroatoms. The molecule has 2 atom stereocenters. The average molecular weight is 381 g/mol. The lowest BCUT2D eigenvalue weighted by Crippen LogP contribution is -2.60. The van der Waals surface area contributed by atoms with Crippen LogP contribution in [0, 0.1) is 6.92 Å². The predicted octanol–water partition coefficient (Wildman–Crippen LogP) is 1.44.